The van der Waals surface area contributed by atoms with Gasteiger partial charge in [-0.05, 0) is 37.7 Å². The largest absolute Gasteiger partial charge is 0.343 e. The van der Waals surface area contributed by atoms with Gasteiger partial charge in [0.1, 0.15) is 5.69 Å². The Morgan fingerprint density at radius 3 is 2.17 bits per heavy atom. The first kappa shape index (κ1) is 21.1. The van der Waals surface area contributed by atoms with Crippen LogP contribution in [0.3, 0.4) is 0 Å². The molecule has 3 rings (SSSR count). The van der Waals surface area contributed by atoms with Crippen LogP contribution in [0.4, 0.5) is 5.69 Å². The van der Waals surface area contributed by atoms with Gasteiger partial charge in [-0.3, -0.25) is 19.2 Å². The van der Waals surface area contributed by atoms with Gasteiger partial charge in [-0.25, -0.2) is 0 Å². The molecule has 0 bridgehead atoms. The van der Waals surface area contributed by atoms with Crippen LogP contribution in [0.2, 0.25) is 0 Å². The third-order valence-electron chi connectivity index (χ3n) is 6.07. The number of amides is 3. The number of aryl methyl sites for hydroxylation is 1. The number of hydrogen-bond donors (Lipinski definition) is 1. The van der Waals surface area contributed by atoms with E-state index in [1.807, 2.05) is 4.90 Å². The van der Waals surface area contributed by atoms with Gasteiger partial charge < -0.3 is 19.7 Å². The molecule has 0 saturated carbocycles. The summed E-state index contributed by atoms with van der Waals surface area (Å²) in [5.74, 6) is 0.0252. The van der Waals surface area contributed by atoms with Gasteiger partial charge in [0.05, 0.1) is 5.56 Å². The van der Waals surface area contributed by atoms with Crippen molar-refractivity contribution >= 4 is 23.4 Å². The molecule has 0 spiro atoms. The fourth-order valence-electron chi connectivity index (χ4n) is 4.00. The van der Waals surface area contributed by atoms with Crippen LogP contribution < -0.4 is 10.9 Å². The summed E-state index contributed by atoms with van der Waals surface area (Å²) < 4.78 is 1.34. The Morgan fingerprint density at radius 2 is 1.59 bits per heavy atom. The van der Waals surface area contributed by atoms with Gasteiger partial charge in [-0.15, -0.1) is 0 Å². The molecule has 0 unspecified atom stereocenters. The highest BCUT2D eigenvalue weighted by Crippen LogP contribution is 2.21. The number of hydrogen-bond acceptors (Lipinski definition) is 4. The third-order valence-corrected chi connectivity index (χ3v) is 6.07. The summed E-state index contributed by atoms with van der Waals surface area (Å²) in [6, 6.07) is 1.49. The SMILES string of the molecule is CC(=O)N1CCC(C(=O)Nc2cc(C(=O)N3CCC(C)CC3)cn(C)c2=O)CC1. The average Bonchev–Trinajstić information content (AvgIpc) is 2.71. The summed E-state index contributed by atoms with van der Waals surface area (Å²) in [6.45, 7) is 6.20. The highest BCUT2D eigenvalue weighted by molar-refractivity contribution is 5.97. The molecule has 0 aliphatic carbocycles. The van der Waals surface area contributed by atoms with E-state index in [4.69, 9.17) is 0 Å². The zero-order valence-electron chi connectivity index (χ0n) is 17.4. The maximum absolute atomic E-state index is 12.9. The minimum Gasteiger partial charge on any atom is -0.343 e. The van der Waals surface area contributed by atoms with Crippen molar-refractivity contribution in [3.05, 3.63) is 28.2 Å². The Labute approximate surface area is 170 Å². The number of carbonyl (C=O) groups is 3. The van der Waals surface area contributed by atoms with Gasteiger partial charge in [-0.1, -0.05) is 6.92 Å². The normalized spacial score (nSPS) is 18.6. The minimum atomic E-state index is -0.344. The molecule has 1 N–H and O–H groups in total. The Bertz CT molecular complexity index is 847. The molecule has 2 fully saturated rings. The lowest BCUT2D eigenvalue weighted by Crippen LogP contribution is -2.41. The molecular formula is C21H30N4O4. The van der Waals surface area contributed by atoms with Crippen molar-refractivity contribution in [3.63, 3.8) is 0 Å². The van der Waals surface area contributed by atoms with Crippen molar-refractivity contribution in [1.29, 1.82) is 0 Å². The number of piperidine rings is 2. The van der Waals surface area contributed by atoms with E-state index in [0.717, 1.165) is 12.8 Å². The Kier molecular flexibility index (Phi) is 6.39. The van der Waals surface area contributed by atoms with Gasteiger partial charge in [0.25, 0.3) is 11.5 Å². The third kappa shape index (κ3) is 4.86. The topological polar surface area (TPSA) is 91.7 Å². The molecule has 2 aliphatic rings. The minimum absolute atomic E-state index is 0.0102. The molecule has 158 valence electrons. The van der Waals surface area contributed by atoms with Crippen molar-refractivity contribution in [2.24, 2.45) is 18.9 Å². The smallest absolute Gasteiger partial charge is 0.274 e. The number of nitrogens with zero attached hydrogens (tertiary/aromatic N) is 3. The number of pyridine rings is 1. The fourth-order valence-corrected chi connectivity index (χ4v) is 4.00. The molecule has 1 aromatic rings. The van der Waals surface area contributed by atoms with Gasteiger partial charge in [0.15, 0.2) is 0 Å². The number of anilines is 1. The second-order valence-corrected chi connectivity index (χ2v) is 8.30. The summed E-state index contributed by atoms with van der Waals surface area (Å²) >= 11 is 0. The van der Waals surface area contributed by atoms with Crippen LogP contribution in [0.15, 0.2) is 17.1 Å². The lowest BCUT2D eigenvalue weighted by molar-refractivity contribution is -0.132. The number of nitrogens with one attached hydrogen (secondary N) is 1. The number of likely N-dealkylation sites (tertiary alicyclic amines) is 2. The summed E-state index contributed by atoms with van der Waals surface area (Å²) in [5.41, 5.74) is 0.189. The zero-order chi connectivity index (χ0) is 21.1. The van der Waals surface area contributed by atoms with E-state index in [9.17, 15) is 19.2 Å². The summed E-state index contributed by atoms with van der Waals surface area (Å²) in [5, 5.41) is 2.72. The van der Waals surface area contributed by atoms with Gasteiger partial charge >= 0.3 is 0 Å². The average molecular weight is 402 g/mol. The van der Waals surface area contributed by atoms with Gasteiger partial charge in [0, 0.05) is 52.3 Å². The molecule has 1 aromatic heterocycles. The quantitative estimate of drug-likeness (QED) is 0.828. The Balaban J connectivity index is 1.71. The number of aromatic nitrogens is 1. The first-order valence-electron chi connectivity index (χ1n) is 10.3. The molecule has 0 radical (unpaired) electrons. The van der Waals surface area contributed by atoms with Crippen LogP contribution in [-0.4, -0.2) is 58.3 Å². The van der Waals surface area contributed by atoms with Crippen molar-refractivity contribution in [2.75, 3.05) is 31.5 Å². The van der Waals surface area contributed by atoms with Crippen molar-refractivity contribution in [3.8, 4) is 0 Å². The summed E-state index contributed by atoms with van der Waals surface area (Å²) in [6.07, 6.45) is 4.61. The molecule has 8 heteroatoms. The molecule has 8 nitrogen and oxygen atoms in total. The first-order chi connectivity index (χ1) is 13.8. The highest BCUT2D eigenvalue weighted by Gasteiger charge is 2.27. The second kappa shape index (κ2) is 8.80. The Hall–Kier alpha value is -2.64. The van der Waals surface area contributed by atoms with E-state index in [1.165, 1.54) is 23.8 Å². The molecule has 3 heterocycles. The maximum Gasteiger partial charge on any atom is 0.274 e. The van der Waals surface area contributed by atoms with Gasteiger partial charge in [-0.2, -0.15) is 0 Å². The fraction of sp³-hybridized carbons (Fsp3) is 0.619. The standard InChI is InChI=1S/C21H30N4O4/c1-14-4-8-25(9-5-14)20(28)17-12-18(21(29)23(3)13-17)22-19(27)16-6-10-24(11-7-16)15(2)26/h12-14,16H,4-11H2,1-3H3,(H,22,27). The number of rotatable bonds is 3. The van der Waals surface area contributed by atoms with Crippen LogP contribution in [0.5, 0.6) is 0 Å². The van der Waals surface area contributed by atoms with E-state index in [-0.39, 0.29) is 34.9 Å². The van der Waals surface area contributed by atoms with E-state index in [2.05, 4.69) is 12.2 Å². The summed E-state index contributed by atoms with van der Waals surface area (Å²) in [7, 11) is 1.58. The van der Waals surface area contributed by atoms with Crippen LogP contribution in [-0.2, 0) is 16.6 Å². The molecule has 2 aliphatic heterocycles. The maximum atomic E-state index is 12.9. The van der Waals surface area contributed by atoms with E-state index < -0.39 is 0 Å². The van der Waals surface area contributed by atoms with Crippen LogP contribution >= 0.6 is 0 Å². The van der Waals surface area contributed by atoms with Gasteiger partial charge in [0.2, 0.25) is 11.8 Å². The van der Waals surface area contributed by atoms with E-state index in [1.54, 1.807) is 11.9 Å². The van der Waals surface area contributed by atoms with E-state index in [0.29, 0.717) is 50.5 Å². The molecule has 0 aromatic carbocycles. The molecule has 3 amide bonds. The van der Waals surface area contributed by atoms with Crippen molar-refractivity contribution in [1.82, 2.24) is 14.4 Å². The van der Waals surface area contributed by atoms with Crippen molar-refractivity contribution in [2.45, 2.75) is 39.5 Å². The monoisotopic (exact) mass is 402 g/mol. The molecule has 29 heavy (non-hydrogen) atoms. The second-order valence-electron chi connectivity index (χ2n) is 8.30. The number of carbonyl (C=O) groups excluding carboxylic acids is 3. The Morgan fingerprint density at radius 1 is 1.00 bits per heavy atom. The van der Waals surface area contributed by atoms with E-state index >= 15 is 0 Å². The first-order valence-corrected chi connectivity index (χ1v) is 10.3. The zero-order valence-corrected chi connectivity index (χ0v) is 17.4. The predicted molar refractivity (Wildman–Crippen MR) is 110 cm³/mol. The highest BCUT2D eigenvalue weighted by atomic mass is 16.2. The van der Waals surface area contributed by atoms with Crippen LogP contribution in [0.1, 0.15) is 49.9 Å². The van der Waals surface area contributed by atoms with Crippen LogP contribution in [0, 0.1) is 11.8 Å². The van der Waals surface area contributed by atoms with Crippen LogP contribution in [0.25, 0.3) is 0 Å². The lowest BCUT2D eigenvalue weighted by Gasteiger charge is -2.31. The molecule has 0 atom stereocenters. The lowest BCUT2D eigenvalue weighted by atomic mass is 9.95. The predicted octanol–water partition coefficient (Wildman–Crippen LogP) is 1.45. The summed E-state index contributed by atoms with van der Waals surface area (Å²) in [4.78, 5) is 53.0. The van der Waals surface area contributed by atoms with Crippen molar-refractivity contribution < 1.29 is 14.4 Å². The molecule has 2 saturated heterocycles. The molecular weight excluding hydrogens is 372 g/mol.